The number of oxazole rings is 1. The summed E-state index contributed by atoms with van der Waals surface area (Å²) in [6.45, 7) is 4.52. The van der Waals surface area contributed by atoms with Gasteiger partial charge < -0.3 is 9.15 Å². The molecule has 0 N–H and O–H groups in total. The van der Waals surface area contributed by atoms with Gasteiger partial charge in [0.2, 0.25) is 5.89 Å². The number of aryl methyl sites for hydroxylation is 2. The maximum absolute atomic E-state index is 11.2. The molecule has 6 heteroatoms. The Labute approximate surface area is 111 Å². The van der Waals surface area contributed by atoms with Gasteiger partial charge in [0.1, 0.15) is 18.4 Å². The minimum atomic E-state index is -0.218. The number of hydrogen-bond acceptors (Lipinski definition) is 5. The molecule has 2 aromatic rings. The van der Waals surface area contributed by atoms with Crippen LogP contribution in [0.4, 0.5) is 0 Å². The van der Waals surface area contributed by atoms with Crippen molar-refractivity contribution in [3.8, 4) is 11.5 Å². The number of carbonyl (C=O) groups is 1. The third-order valence-corrected chi connectivity index (χ3v) is 2.49. The summed E-state index contributed by atoms with van der Waals surface area (Å²) in [5.41, 5.74) is 0.806. The Balaban J connectivity index is 1.97. The van der Waals surface area contributed by atoms with E-state index in [9.17, 15) is 4.79 Å². The minimum Gasteiger partial charge on any atom is -0.466 e. The second-order valence-corrected chi connectivity index (χ2v) is 4.01. The SMILES string of the molecule is CCOC(=O)CC[n+]1ccc(-c2ncc(C)o2)cn1. The van der Waals surface area contributed by atoms with E-state index in [1.54, 1.807) is 30.2 Å². The summed E-state index contributed by atoms with van der Waals surface area (Å²) >= 11 is 0. The zero-order valence-corrected chi connectivity index (χ0v) is 11.0. The molecule has 0 aliphatic heterocycles. The summed E-state index contributed by atoms with van der Waals surface area (Å²) in [6.07, 6.45) is 5.42. The zero-order chi connectivity index (χ0) is 13.7. The molecular formula is C13H16N3O3+. The number of rotatable bonds is 5. The van der Waals surface area contributed by atoms with Crippen molar-refractivity contribution >= 4 is 5.97 Å². The quantitative estimate of drug-likeness (QED) is 0.600. The van der Waals surface area contributed by atoms with Crippen molar-refractivity contribution in [3.63, 3.8) is 0 Å². The zero-order valence-electron chi connectivity index (χ0n) is 11.0. The average molecular weight is 262 g/mol. The van der Waals surface area contributed by atoms with Gasteiger partial charge in [-0.2, -0.15) is 0 Å². The van der Waals surface area contributed by atoms with Gasteiger partial charge in [-0.25, -0.2) is 4.98 Å². The molecule has 0 unspecified atom stereocenters. The lowest BCUT2D eigenvalue weighted by atomic mass is 10.3. The highest BCUT2D eigenvalue weighted by molar-refractivity contribution is 5.68. The first-order chi connectivity index (χ1) is 9.19. The van der Waals surface area contributed by atoms with Crippen LogP contribution in [0.5, 0.6) is 0 Å². The predicted molar refractivity (Wildman–Crippen MR) is 65.9 cm³/mol. The number of nitrogens with zero attached hydrogens (tertiary/aromatic N) is 3. The summed E-state index contributed by atoms with van der Waals surface area (Å²) < 4.78 is 11.9. The highest BCUT2D eigenvalue weighted by Crippen LogP contribution is 2.15. The Kier molecular flexibility index (Phi) is 4.22. The van der Waals surface area contributed by atoms with Crippen molar-refractivity contribution in [2.75, 3.05) is 6.61 Å². The number of hydrogen-bond donors (Lipinski definition) is 0. The van der Waals surface area contributed by atoms with Crippen LogP contribution in [0.3, 0.4) is 0 Å². The third kappa shape index (κ3) is 3.61. The average Bonchev–Trinajstić information content (AvgIpc) is 2.84. The van der Waals surface area contributed by atoms with Crippen LogP contribution >= 0.6 is 0 Å². The Morgan fingerprint density at radius 1 is 1.47 bits per heavy atom. The molecule has 0 saturated carbocycles. The number of esters is 1. The first-order valence-electron chi connectivity index (χ1n) is 6.13. The minimum absolute atomic E-state index is 0.218. The Morgan fingerprint density at radius 3 is 2.89 bits per heavy atom. The maximum atomic E-state index is 11.2. The largest absolute Gasteiger partial charge is 0.466 e. The maximum Gasteiger partial charge on any atom is 0.312 e. The summed E-state index contributed by atoms with van der Waals surface area (Å²) in [7, 11) is 0. The topological polar surface area (TPSA) is 69.1 Å². The molecule has 0 radical (unpaired) electrons. The second-order valence-electron chi connectivity index (χ2n) is 4.01. The van der Waals surface area contributed by atoms with Crippen molar-refractivity contribution < 1.29 is 18.6 Å². The summed E-state index contributed by atoms with van der Waals surface area (Å²) in [5, 5.41) is 4.21. The fourth-order valence-electron chi connectivity index (χ4n) is 1.57. The van der Waals surface area contributed by atoms with E-state index in [1.165, 1.54) is 0 Å². The molecule has 0 spiro atoms. The third-order valence-electron chi connectivity index (χ3n) is 2.49. The lowest BCUT2D eigenvalue weighted by Gasteiger charge is -1.98. The van der Waals surface area contributed by atoms with E-state index in [0.29, 0.717) is 25.5 Å². The summed E-state index contributed by atoms with van der Waals surface area (Å²) in [6, 6.07) is 1.85. The standard InChI is InChI=1S/C13H16N3O3/c1-3-18-12(17)5-7-16-6-4-11(9-15-16)13-14-8-10(2)19-13/h4,6,8-9H,3,5,7H2,1-2H3/q+1. The van der Waals surface area contributed by atoms with Gasteiger partial charge in [0.05, 0.1) is 18.4 Å². The van der Waals surface area contributed by atoms with Crippen LogP contribution in [0.1, 0.15) is 19.1 Å². The van der Waals surface area contributed by atoms with Gasteiger partial charge in [-0.1, -0.05) is 4.68 Å². The molecule has 19 heavy (non-hydrogen) atoms. The Morgan fingerprint density at radius 2 is 2.32 bits per heavy atom. The first kappa shape index (κ1) is 13.2. The van der Waals surface area contributed by atoms with Gasteiger partial charge in [-0.15, -0.1) is 0 Å². The van der Waals surface area contributed by atoms with E-state index in [2.05, 4.69) is 10.1 Å². The van der Waals surface area contributed by atoms with E-state index in [-0.39, 0.29) is 5.97 Å². The monoisotopic (exact) mass is 262 g/mol. The van der Waals surface area contributed by atoms with Crippen LogP contribution in [-0.4, -0.2) is 22.7 Å². The molecule has 0 aliphatic carbocycles. The molecular weight excluding hydrogens is 246 g/mol. The van der Waals surface area contributed by atoms with Crippen LogP contribution in [0.15, 0.2) is 29.1 Å². The fraction of sp³-hybridized carbons (Fsp3) is 0.385. The van der Waals surface area contributed by atoms with E-state index in [1.807, 2.05) is 13.0 Å². The molecule has 0 aromatic carbocycles. The van der Waals surface area contributed by atoms with Gasteiger partial charge in [-0.3, -0.25) is 4.79 Å². The second kappa shape index (κ2) is 6.08. The number of aromatic nitrogens is 3. The predicted octanol–water partition coefficient (Wildman–Crippen LogP) is 1.29. The highest BCUT2D eigenvalue weighted by Gasteiger charge is 2.11. The Hall–Kier alpha value is -2.24. The van der Waals surface area contributed by atoms with Gasteiger partial charge in [-0.05, 0) is 18.9 Å². The molecule has 0 aliphatic rings. The molecule has 0 saturated heterocycles. The lowest BCUT2D eigenvalue weighted by molar-refractivity contribution is -0.752. The van der Waals surface area contributed by atoms with Crippen molar-refractivity contribution in [3.05, 3.63) is 30.4 Å². The fourth-order valence-corrected chi connectivity index (χ4v) is 1.57. The molecule has 2 aromatic heterocycles. The van der Waals surface area contributed by atoms with Gasteiger partial charge in [0, 0.05) is 6.07 Å². The number of ether oxygens (including phenoxy) is 1. The number of carbonyl (C=O) groups excluding carboxylic acids is 1. The molecule has 2 rings (SSSR count). The summed E-state index contributed by atoms with van der Waals surface area (Å²) in [5.74, 6) is 1.08. The van der Waals surface area contributed by atoms with Crippen molar-refractivity contribution in [1.29, 1.82) is 0 Å². The van der Waals surface area contributed by atoms with Crippen molar-refractivity contribution in [2.24, 2.45) is 0 Å². The smallest absolute Gasteiger partial charge is 0.312 e. The molecule has 0 fully saturated rings. The molecule has 2 heterocycles. The molecule has 0 atom stereocenters. The van der Waals surface area contributed by atoms with Crippen LogP contribution in [-0.2, 0) is 16.1 Å². The van der Waals surface area contributed by atoms with Crippen molar-refractivity contribution in [1.82, 2.24) is 10.1 Å². The van der Waals surface area contributed by atoms with E-state index < -0.39 is 0 Å². The van der Waals surface area contributed by atoms with Crippen LogP contribution in [0.2, 0.25) is 0 Å². The first-order valence-corrected chi connectivity index (χ1v) is 6.13. The van der Waals surface area contributed by atoms with Crippen LogP contribution in [0.25, 0.3) is 11.5 Å². The molecule has 0 amide bonds. The van der Waals surface area contributed by atoms with E-state index in [4.69, 9.17) is 9.15 Å². The van der Waals surface area contributed by atoms with Crippen LogP contribution in [0, 0.1) is 6.92 Å². The normalized spacial score (nSPS) is 10.4. The van der Waals surface area contributed by atoms with Gasteiger partial charge >= 0.3 is 5.97 Å². The highest BCUT2D eigenvalue weighted by atomic mass is 16.5. The molecule has 0 bridgehead atoms. The van der Waals surface area contributed by atoms with Crippen LogP contribution < -0.4 is 4.68 Å². The van der Waals surface area contributed by atoms with Gasteiger partial charge in [0.15, 0.2) is 12.7 Å². The van der Waals surface area contributed by atoms with E-state index >= 15 is 0 Å². The lowest BCUT2D eigenvalue weighted by Crippen LogP contribution is -2.38. The van der Waals surface area contributed by atoms with E-state index in [0.717, 1.165) is 11.3 Å². The Bertz CT molecular complexity index is 549. The van der Waals surface area contributed by atoms with Gasteiger partial charge in [0.25, 0.3) is 0 Å². The summed E-state index contributed by atoms with van der Waals surface area (Å²) in [4.78, 5) is 15.3. The molecule has 100 valence electrons. The van der Waals surface area contributed by atoms with Crippen molar-refractivity contribution in [2.45, 2.75) is 26.8 Å². The molecule has 6 nitrogen and oxygen atoms in total.